The lowest BCUT2D eigenvalue weighted by molar-refractivity contribution is 0.0738. The Balaban J connectivity index is 2.17. The molecule has 21 heavy (non-hydrogen) atoms. The predicted molar refractivity (Wildman–Crippen MR) is 89.0 cm³/mol. The van der Waals surface area contributed by atoms with Gasteiger partial charge in [-0.05, 0) is 46.2 Å². The van der Waals surface area contributed by atoms with E-state index in [1.165, 1.54) is 24.8 Å². The summed E-state index contributed by atoms with van der Waals surface area (Å²) in [6, 6.07) is 0. The minimum atomic E-state index is 0.289. The van der Waals surface area contributed by atoms with E-state index in [4.69, 9.17) is 0 Å². The van der Waals surface area contributed by atoms with Gasteiger partial charge < -0.3 is 15.5 Å². The summed E-state index contributed by atoms with van der Waals surface area (Å²) in [5.74, 6) is 2.32. The van der Waals surface area contributed by atoms with Crippen LogP contribution in [0.5, 0.6) is 0 Å². The van der Waals surface area contributed by atoms with E-state index < -0.39 is 0 Å². The zero-order valence-electron chi connectivity index (χ0n) is 14.0. The maximum absolute atomic E-state index is 4.48. The number of anilines is 2. The number of likely N-dealkylation sites (N-methyl/N-ethyl adjacent to an activating group) is 1. The topological polar surface area (TPSA) is 53.1 Å². The van der Waals surface area contributed by atoms with Crippen LogP contribution in [0.1, 0.15) is 51.5 Å². The molecule has 1 aliphatic carbocycles. The van der Waals surface area contributed by atoms with Crippen molar-refractivity contribution < 1.29 is 0 Å². The van der Waals surface area contributed by atoms with Crippen molar-refractivity contribution in [1.29, 1.82) is 0 Å². The Kier molecular flexibility index (Phi) is 5.04. The number of aromatic nitrogens is 2. The number of hydrogen-bond acceptors (Lipinski definition) is 5. The molecule has 1 fully saturated rings. The molecule has 118 valence electrons. The molecular formula is C16H29N5. The molecule has 1 aromatic heterocycles. The molecule has 0 amide bonds. The summed E-state index contributed by atoms with van der Waals surface area (Å²) in [6.07, 6.45) is 5.49. The fraction of sp³-hybridized carbons (Fsp3) is 0.750. The molecule has 0 radical (unpaired) electrons. The number of hydrogen-bond donors (Lipinski definition) is 2. The third-order valence-electron chi connectivity index (χ3n) is 4.62. The first-order valence-corrected chi connectivity index (χ1v) is 8.00. The highest BCUT2D eigenvalue weighted by molar-refractivity contribution is 5.59. The first kappa shape index (κ1) is 16.0. The Morgan fingerprint density at radius 3 is 2.24 bits per heavy atom. The van der Waals surface area contributed by atoms with Crippen LogP contribution in [0.3, 0.4) is 0 Å². The molecule has 2 rings (SSSR count). The summed E-state index contributed by atoms with van der Waals surface area (Å²) in [4.78, 5) is 11.2. The number of nitrogens with zero attached hydrogens (tertiary/aromatic N) is 3. The summed E-state index contributed by atoms with van der Waals surface area (Å²) in [5, 5.41) is 6.93. The van der Waals surface area contributed by atoms with Crippen molar-refractivity contribution in [3.05, 3.63) is 11.9 Å². The molecular weight excluding hydrogens is 262 g/mol. The lowest BCUT2D eigenvalue weighted by Crippen LogP contribution is -2.54. The van der Waals surface area contributed by atoms with Crippen LogP contribution in [-0.2, 0) is 0 Å². The van der Waals surface area contributed by atoms with Gasteiger partial charge in [0.25, 0.3) is 0 Å². The molecule has 5 heteroatoms. The molecule has 0 aliphatic heterocycles. The van der Waals surface area contributed by atoms with E-state index in [9.17, 15) is 0 Å². The second kappa shape index (κ2) is 6.60. The predicted octanol–water partition coefficient (Wildman–Crippen LogP) is 2.93. The van der Waals surface area contributed by atoms with Crippen LogP contribution in [0.15, 0.2) is 6.33 Å². The van der Waals surface area contributed by atoms with Crippen LogP contribution in [-0.4, -0.2) is 47.6 Å². The third kappa shape index (κ3) is 3.28. The average Bonchev–Trinajstić information content (AvgIpc) is 2.37. The molecule has 5 nitrogen and oxygen atoms in total. The van der Waals surface area contributed by atoms with Gasteiger partial charge in [0, 0.05) is 24.2 Å². The van der Waals surface area contributed by atoms with Crippen LogP contribution in [0.4, 0.5) is 11.6 Å². The SMILES string of the molecule is CCNc1ncnc(NCC2(N(C)C)CCC2)c1C(C)C. The molecule has 0 unspecified atom stereocenters. The molecule has 0 bridgehead atoms. The Morgan fingerprint density at radius 2 is 1.81 bits per heavy atom. The number of nitrogens with one attached hydrogen (secondary N) is 2. The van der Waals surface area contributed by atoms with Gasteiger partial charge in [-0.25, -0.2) is 9.97 Å². The summed E-state index contributed by atoms with van der Waals surface area (Å²) >= 11 is 0. The smallest absolute Gasteiger partial charge is 0.135 e. The zero-order chi connectivity index (χ0) is 15.5. The second-order valence-electron chi connectivity index (χ2n) is 6.50. The third-order valence-corrected chi connectivity index (χ3v) is 4.62. The van der Waals surface area contributed by atoms with Gasteiger partial charge in [0.15, 0.2) is 0 Å². The summed E-state index contributed by atoms with van der Waals surface area (Å²) in [6.45, 7) is 8.29. The van der Waals surface area contributed by atoms with E-state index in [1.54, 1.807) is 6.33 Å². The molecule has 0 aromatic carbocycles. The van der Waals surface area contributed by atoms with Gasteiger partial charge in [-0.15, -0.1) is 0 Å². The van der Waals surface area contributed by atoms with Crippen molar-refractivity contribution in [2.24, 2.45) is 0 Å². The van der Waals surface area contributed by atoms with E-state index in [2.05, 4.69) is 60.4 Å². The van der Waals surface area contributed by atoms with Gasteiger partial charge in [-0.3, -0.25) is 0 Å². The summed E-state index contributed by atoms with van der Waals surface area (Å²) in [7, 11) is 4.35. The fourth-order valence-electron chi connectivity index (χ4n) is 3.01. The van der Waals surface area contributed by atoms with Crippen molar-refractivity contribution in [1.82, 2.24) is 14.9 Å². The Labute approximate surface area is 128 Å². The Bertz CT molecular complexity index is 466. The minimum absolute atomic E-state index is 0.289. The van der Waals surface area contributed by atoms with Crippen LogP contribution in [0.2, 0.25) is 0 Å². The average molecular weight is 291 g/mol. The highest BCUT2D eigenvalue weighted by Crippen LogP contribution is 2.37. The van der Waals surface area contributed by atoms with Crippen molar-refractivity contribution in [2.45, 2.75) is 51.5 Å². The van der Waals surface area contributed by atoms with E-state index in [1.807, 2.05) is 0 Å². The molecule has 0 atom stereocenters. The van der Waals surface area contributed by atoms with E-state index >= 15 is 0 Å². The maximum atomic E-state index is 4.48. The van der Waals surface area contributed by atoms with E-state index in [0.29, 0.717) is 5.92 Å². The standard InChI is InChI=1S/C16H29N5/c1-6-17-14-13(12(2)3)15(20-11-19-14)18-10-16(21(4)5)8-7-9-16/h11-12H,6-10H2,1-5H3,(H2,17,18,19,20). The van der Waals surface area contributed by atoms with Gasteiger partial charge >= 0.3 is 0 Å². The summed E-state index contributed by atoms with van der Waals surface area (Å²) < 4.78 is 0. The van der Waals surface area contributed by atoms with Gasteiger partial charge in [-0.2, -0.15) is 0 Å². The fourth-order valence-corrected chi connectivity index (χ4v) is 3.01. The normalized spacial score (nSPS) is 16.9. The van der Waals surface area contributed by atoms with Gasteiger partial charge in [0.1, 0.15) is 18.0 Å². The Hall–Kier alpha value is -1.36. The monoisotopic (exact) mass is 291 g/mol. The lowest BCUT2D eigenvalue weighted by atomic mass is 9.75. The number of rotatable bonds is 7. The van der Waals surface area contributed by atoms with Crippen molar-refractivity contribution >= 4 is 11.6 Å². The van der Waals surface area contributed by atoms with E-state index in [0.717, 1.165) is 24.7 Å². The maximum Gasteiger partial charge on any atom is 0.135 e. The van der Waals surface area contributed by atoms with Crippen LogP contribution in [0.25, 0.3) is 0 Å². The van der Waals surface area contributed by atoms with Gasteiger partial charge in [0.2, 0.25) is 0 Å². The van der Waals surface area contributed by atoms with Crippen LogP contribution in [0, 0.1) is 0 Å². The zero-order valence-corrected chi connectivity index (χ0v) is 14.0. The second-order valence-corrected chi connectivity index (χ2v) is 6.50. The lowest BCUT2D eigenvalue weighted by Gasteiger charge is -2.47. The molecule has 1 aromatic rings. The molecule has 1 saturated carbocycles. The van der Waals surface area contributed by atoms with Crippen molar-refractivity contribution in [2.75, 3.05) is 37.8 Å². The van der Waals surface area contributed by atoms with Gasteiger partial charge in [0.05, 0.1) is 0 Å². The molecule has 1 aliphatic rings. The molecule has 0 saturated heterocycles. The molecule has 0 spiro atoms. The van der Waals surface area contributed by atoms with Crippen LogP contribution < -0.4 is 10.6 Å². The highest BCUT2D eigenvalue weighted by Gasteiger charge is 2.39. The first-order chi connectivity index (χ1) is 10.00. The van der Waals surface area contributed by atoms with Crippen molar-refractivity contribution in [3.63, 3.8) is 0 Å². The van der Waals surface area contributed by atoms with E-state index in [-0.39, 0.29) is 5.54 Å². The molecule has 1 heterocycles. The van der Waals surface area contributed by atoms with Crippen LogP contribution >= 0.6 is 0 Å². The highest BCUT2D eigenvalue weighted by atomic mass is 15.2. The van der Waals surface area contributed by atoms with Gasteiger partial charge in [-0.1, -0.05) is 13.8 Å². The minimum Gasteiger partial charge on any atom is -0.370 e. The molecule has 2 N–H and O–H groups in total. The Morgan fingerprint density at radius 1 is 1.19 bits per heavy atom. The largest absolute Gasteiger partial charge is 0.370 e. The first-order valence-electron chi connectivity index (χ1n) is 8.00. The summed E-state index contributed by atoms with van der Waals surface area (Å²) in [5.41, 5.74) is 1.48. The van der Waals surface area contributed by atoms with Crippen molar-refractivity contribution in [3.8, 4) is 0 Å². The quantitative estimate of drug-likeness (QED) is 0.809.